The number of carbonyl (C=O) groups is 1. The fourth-order valence-corrected chi connectivity index (χ4v) is 3.04. The van der Waals surface area contributed by atoms with Crippen molar-refractivity contribution in [1.82, 2.24) is 10.3 Å². The first-order valence-corrected chi connectivity index (χ1v) is 8.70. The molecular formula is C17H24Cl2FN3OS. The number of nitrogens with zero attached hydrogens (tertiary/aromatic N) is 1. The Labute approximate surface area is 164 Å². The molecule has 1 aromatic heterocycles. The van der Waals surface area contributed by atoms with Crippen LogP contribution >= 0.6 is 36.2 Å². The van der Waals surface area contributed by atoms with Gasteiger partial charge >= 0.3 is 0 Å². The van der Waals surface area contributed by atoms with Crippen LogP contribution in [0.3, 0.4) is 0 Å². The second kappa shape index (κ2) is 12.2. The molecule has 0 fully saturated rings. The third-order valence-corrected chi connectivity index (χ3v) is 4.43. The summed E-state index contributed by atoms with van der Waals surface area (Å²) in [5.74, 6) is -0.439. The van der Waals surface area contributed by atoms with Gasteiger partial charge in [-0.3, -0.25) is 4.79 Å². The predicted molar refractivity (Wildman–Crippen MR) is 106 cm³/mol. The minimum atomic E-state index is -0.257. The molecule has 0 aliphatic heterocycles. The number of amides is 1. The normalized spacial score (nSPS) is 11.2. The number of thiazole rings is 1. The lowest BCUT2D eigenvalue weighted by Gasteiger charge is -2.15. The van der Waals surface area contributed by atoms with E-state index in [4.69, 9.17) is 5.73 Å². The first-order valence-electron chi connectivity index (χ1n) is 7.82. The Bertz CT molecular complexity index is 637. The summed E-state index contributed by atoms with van der Waals surface area (Å²) in [6, 6.07) is 6.30. The first kappa shape index (κ1) is 23.8. The fraction of sp³-hybridized carbons (Fsp3) is 0.412. The Balaban J connectivity index is 0.00000288. The van der Waals surface area contributed by atoms with Crippen LogP contribution in [0.2, 0.25) is 0 Å². The van der Waals surface area contributed by atoms with Crippen molar-refractivity contribution in [2.75, 3.05) is 6.54 Å². The van der Waals surface area contributed by atoms with Gasteiger partial charge in [-0.25, -0.2) is 9.37 Å². The Morgan fingerprint density at radius 1 is 1.32 bits per heavy atom. The van der Waals surface area contributed by atoms with Crippen molar-refractivity contribution < 1.29 is 9.18 Å². The number of hydrogen-bond acceptors (Lipinski definition) is 4. The number of nitrogens with two attached hydrogens (primary N) is 1. The Morgan fingerprint density at radius 3 is 2.60 bits per heavy atom. The van der Waals surface area contributed by atoms with E-state index in [1.807, 2.05) is 0 Å². The summed E-state index contributed by atoms with van der Waals surface area (Å²) in [5, 5.41) is 5.52. The van der Waals surface area contributed by atoms with E-state index in [0.29, 0.717) is 18.7 Å². The van der Waals surface area contributed by atoms with Crippen molar-refractivity contribution in [3.05, 3.63) is 51.7 Å². The van der Waals surface area contributed by atoms with Gasteiger partial charge in [-0.1, -0.05) is 31.9 Å². The van der Waals surface area contributed by atoms with E-state index in [9.17, 15) is 9.18 Å². The molecule has 0 radical (unpaired) electrons. The maximum Gasteiger partial charge on any atom is 0.271 e. The van der Waals surface area contributed by atoms with E-state index in [0.717, 1.165) is 29.8 Å². The molecule has 0 aliphatic carbocycles. The molecule has 1 aromatic carbocycles. The van der Waals surface area contributed by atoms with Crippen LogP contribution < -0.4 is 11.1 Å². The van der Waals surface area contributed by atoms with Gasteiger partial charge in [0.15, 0.2) is 0 Å². The van der Waals surface area contributed by atoms with Crippen molar-refractivity contribution in [2.24, 2.45) is 5.73 Å². The molecule has 140 valence electrons. The molecule has 0 bridgehead atoms. The summed E-state index contributed by atoms with van der Waals surface area (Å²) in [6.07, 6.45) is 3.58. The zero-order chi connectivity index (χ0) is 16.7. The second-order valence-electron chi connectivity index (χ2n) is 5.48. The second-order valence-corrected chi connectivity index (χ2v) is 6.42. The van der Waals surface area contributed by atoms with Gasteiger partial charge < -0.3 is 11.1 Å². The highest BCUT2D eigenvalue weighted by Crippen LogP contribution is 2.15. The molecule has 4 nitrogen and oxygen atoms in total. The van der Waals surface area contributed by atoms with Crippen molar-refractivity contribution in [3.63, 3.8) is 0 Å². The van der Waals surface area contributed by atoms with Crippen molar-refractivity contribution in [1.29, 1.82) is 0 Å². The van der Waals surface area contributed by atoms with Crippen LogP contribution in [0, 0.1) is 5.82 Å². The minimum Gasteiger partial charge on any atom is -0.347 e. The monoisotopic (exact) mass is 407 g/mol. The summed E-state index contributed by atoms with van der Waals surface area (Å²) in [7, 11) is 0. The lowest BCUT2D eigenvalue weighted by molar-refractivity contribution is 0.0931. The molecule has 1 unspecified atom stereocenters. The molecule has 0 aliphatic rings. The summed E-state index contributed by atoms with van der Waals surface area (Å²) in [5.41, 5.74) is 7.08. The molecule has 0 saturated carbocycles. The van der Waals surface area contributed by atoms with Gasteiger partial charge in [0.2, 0.25) is 0 Å². The summed E-state index contributed by atoms with van der Waals surface area (Å²) in [4.78, 5) is 16.6. The van der Waals surface area contributed by atoms with Gasteiger partial charge in [-0.2, -0.15) is 0 Å². The van der Waals surface area contributed by atoms with Crippen LogP contribution in [0.25, 0.3) is 0 Å². The predicted octanol–water partition coefficient (Wildman–Crippen LogP) is 3.96. The van der Waals surface area contributed by atoms with Crippen LogP contribution in [0.1, 0.15) is 47.2 Å². The number of unbranched alkanes of at least 4 members (excludes halogenated alkanes) is 1. The average Bonchev–Trinajstić information content (AvgIpc) is 3.02. The Kier molecular flexibility index (Phi) is 11.6. The molecule has 25 heavy (non-hydrogen) atoms. The lowest BCUT2D eigenvalue weighted by Crippen LogP contribution is -2.40. The maximum absolute atomic E-state index is 12.9. The Hall–Kier alpha value is -1.21. The van der Waals surface area contributed by atoms with Gasteiger partial charge in [0.05, 0.1) is 5.01 Å². The third-order valence-electron chi connectivity index (χ3n) is 3.58. The SMILES string of the molecule is CCCCC(CN)NC(=O)c1csc(Cc2ccc(F)cc2)n1.Cl.Cl. The van der Waals surface area contributed by atoms with Crippen LogP contribution in [0.4, 0.5) is 4.39 Å². The van der Waals surface area contributed by atoms with E-state index in [2.05, 4.69) is 17.2 Å². The molecule has 3 N–H and O–H groups in total. The molecule has 2 aromatic rings. The van der Waals surface area contributed by atoms with Gasteiger partial charge in [0, 0.05) is 24.4 Å². The molecule has 0 spiro atoms. The molecule has 0 saturated heterocycles. The highest BCUT2D eigenvalue weighted by molar-refractivity contribution is 7.09. The smallest absolute Gasteiger partial charge is 0.271 e. The summed E-state index contributed by atoms with van der Waals surface area (Å²) >= 11 is 1.43. The average molecular weight is 408 g/mol. The van der Waals surface area contributed by atoms with Crippen LogP contribution in [-0.2, 0) is 6.42 Å². The zero-order valence-electron chi connectivity index (χ0n) is 14.0. The number of aromatic nitrogens is 1. The van der Waals surface area contributed by atoms with Crippen LogP contribution in [-0.4, -0.2) is 23.5 Å². The van der Waals surface area contributed by atoms with E-state index in [1.165, 1.54) is 23.5 Å². The molecule has 8 heteroatoms. The summed E-state index contributed by atoms with van der Waals surface area (Å²) in [6.45, 7) is 2.54. The van der Waals surface area contributed by atoms with Gasteiger partial charge in [0.25, 0.3) is 5.91 Å². The number of benzene rings is 1. The molecule has 1 heterocycles. The lowest BCUT2D eigenvalue weighted by atomic mass is 10.1. The molecule has 1 amide bonds. The number of carbonyl (C=O) groups excluding carboxylic acids is 1. The summed E-state index contributed by atoms with van der Waals surface area (Å²) < 4.78 is 12.9. The fourth-order valence-electron chi connectivity index (χ4n) is 2.23. The number of halogens is 3. The van der Waals surface area contributed by atoms with Crippen molar-refractivity contribution >= 4 is 42.1 Å². The van der Waals surface area contributed by atoms with Crippen LogP contribution in [0.15, 0.2) is 29.6 Å². The van der Waals surface area contributed by atoms with E-state index >= 15 is 0 Å². The van der Waals surface area contributed by atoms with Gasteiger partial charge in [-0.05, 0) is 24.1 Å². The first-order chi connectivity index (χ1) is 11.1. The topological polar surface area (TPSA) is 68.0 Å². The number of nitrogens with one attached hydrogen (secondary N) is 1. The number of rotatable bonds is 8. The quantitative estimate of drug-likeness (QED) is 0.695. The highest BCUT2D eigenvalue weighted by Gasteiger charge is 2.15. The molecule has 1 atom stereocenters. The molecule has 2 rings (SSSR count). The Morgan fingerprint density at radius 2 is 2.00 bits per heavy atom. The molecular weight excluding hydrogens is 384 g/mol. The standard InChI is InChI=1S/C17H22FN3OS.2ClH/c1-2-3-4-14(10-19)20-17(22)15-11-23-16(21-15)9-12-5-7-13(18)8-6-12;;/h5-8,11,14H,2-4,9-10,19H2,1H3,(H,20,22);2*1H. The van der Waals surface area contributed by atoms with Crippen LogP contribution in [0.5, 0.6) is 0 Å². The van der Waals surface area contributed by atoms with Crippen molar-refractivity contribution in [3.8, 4) is 0 Å². The maximum atomic E-state index is 12.9. The van der Waals surface area contributed by atoms with Gasteiger partial charge in [0.1, 0.15) is 11.5 Å². The third kappa shape index (κ3) is 7.69. The van der Waals surface area contributed by atoms with E-state index in [-0.39, 0.29) is 42.6 Å². The zero-order valence-corrected chi connectivity index (χ0v) is 16.5. The van der Waals surface area contributed by atoms with Gasteiger partial charge in [-0.15, -0.1) is 36.2 Å². The van der Waals surface area contributed by atoms with Crippen molar-refractivity contribution in [2.45, 2.75) is 38.6 Å². The highest BCUT2D eigenvalue weighted by atomic mass is 35.5. The number of hydrogen-bond donors (Lipinski definition) is 2. The largest absolute Gasteiger partial charge is 0.347 e. The van der Waals surface area contributed by atoms with E-state index < -0.39 is 0 Å². The van der Waals surface area contributed by atoms with E-state index in [1.54, 1.807) is 17.5 Å². The minimum absolute atomic E-state index is 0.